The fraction of sp³-hybridized carbons (Fsp3) is 0.348. The summed E-state index contributed by atoms with van der Waals surface area (Å²) in [7, 11) is 0. The summed E-state index contributed by atoms with van der Waals surface area (Å²) in [4.78, 5) is 40.0. The average Bonchev–Trinajstić information content (AvgIpc) is 3.33. The standard InChI is InChI=1S/C23H22F3N5O5/c1-2-35-18(32)11-27-21(34)17-10-28-22(36-17)14-5-3-4-13(8-14)15-9-16(31-30-15)20(33)29-19(12-6-7-12)23(24,25)26/h3-5,8-10,12,19H,2,6-7,11H2,1H3,(H,27,34)(H,29,33)(H,30,31). The largest absolute Gasteiger partial charge is 0.465 e. The van der Waals surface area contributed by atoms with Crippen molar-refractivity contribution < 1.29 is 36.7 Å². The van der Waals surface area contributed by atoms with Gasteiger partial charge in [-0.15, -0.1) is 0 Å². The Hall–Kier alpha value is -4.16. The van der Waals surface area contributed by atoms with Crippen LogP contribution in [0.5, 0.6) is 0 Å². The lowest BCUT2D eigenvalue weighted by atomic mass is 10.1. The second-order valence-corrected chi connectivity index (χ2v) is 8.10. The molecule has 1 saturated carbocycles. The number of nitrogens with zero attached hydrogens (tertiary/aromatic N) is 2. The molecule has 1 atom stereocenters. The summed E-state index contributed by atoms with van der Waals surface area (Å²) < 4.78 is 49.9. The van der Waals surface area contributed by atoms with E-state index >= 15 is 0 Å². The Morgan fingerprint density at radius 2 is 1.94 bits per heavy atom. The third kappa shape index (κ3) is 5.90. The van der Waals surface area contributed by atoms with E-state index in [4.69, 9.17) is 9.15 Å². The van der Waals surface area contributed by atoms with Gasteiger partial charge in [0.25, 0.3) is 11.8 Å². The van der Waals surface area contributed by atoms with Crippen LogP contribution in [0.25, 0.3) is 22.7 Å². The van der Waals surface area contributed by atoms with Gasteiger partial charge in [0.15, 0.2) is 0 Å². The van der Waals surface area contributed by atoms with Crippen molar-refractivity contribution in [2.45, 2.75) is 32.0 Å². The van der Waals surface area contributed by atoms with E-state index in [1.807, 2.05) is 5.32 Å². The maximum atomic E-state index is 13.2. The van der Waals surface area contributed by atoms with Gasteiger partial charge < -0.3 is 19.8 Å². The van der Waals surface area contributed by atoms with E-state index in [0.29, 0.717) is 29.7 Å². The van der Waals surface area contributed by atoms with E-state index < -0.39 is 35.9 Å². The quantitative estimate of drug-likeness (QED) is 0.380. The summed E-state index contributed by atoms with van der Waals surface area (Å²) in [5.74, 6) is -2.75. The molecule has 0 radical (unpaired) electrons. The van der Waals surface area contributed by atoms with Crippen LogP contribution in [-0.4, -0.2) is 58.3 Å². The van der Waals surface area contributed by atoms with E-state index in [9.17, 15) is 27.6 Å². The number of esters is 1. The van der Waals surface area contributed by atoms with E-state index in [0.717, 1.165) is 0 Å². The van der Waals surface area contributed by atoms with Crippen LogP contribution in [0.15, 0.2) is 40.9 Å². The Bertz CT molecular complexity index is 1260. The highest BCUT2D eigenvalue weighted by atomic mass is 19.4. The first-order valence-corrected chi connectivity index (χ1v) is 11.1. The number of amides is 2. The highest BCUT2D eigenvalue weighted by Gasteiger charge is 2.49. The van der Waals surface area contributed by atoms with Crippen molar-refractivity contribution in [3.63, 3.8) is 0 Å². The molecule has 1 unspecified atom stereocenters. The molecule has 36 heavy (non-hydrogen) atoms. The van der Waals surface area contributed by atoms with Crippen molar-refractivity contribution in [3.8, 4) is 22.7 Å². The number of carbonyl (C=O) groups excluding carboxylic acids is 3. The first-order chi connectivity index (χ1) is 17.2. The Labute approximate surface area is 202 Å². The first kappa shape index (κ1) is 24.9. The lowest BCUT2D eigenvalue weighted by molar-refractivity contribution is -0.158. The van der Waals surface area contributed by atoms with Gasteiger partial charge in [-0.2, -0.15) is 18.3 Å². The maximum Gasteiger partial charge on any atom is 0.408 e. The number of alkyl halides is 3. The Balaban J connectivity index is 1.44. The fourth-order valence-electron chi connectivity index (χ4n) is 3.48. The number of aromatic amines is 1. The highest BCUT2D eigenvalue weighted by molar-refractivity contribution is 5.94. The third-order valence-electron chi connectivity index (χ3n) is 5.39. The van der Waals surface area contributed by atoms with Crippen LogP contribution in [0.1, 0.15) is 40.8 Å². The predicted octanol–water partition coefficient (Wildman–Crippen LogP) is 3.10. The average molecular weight is 505 g/mol. The Kier molecular flexibility index (Phi) is 7.08. The number of aromatic nitrogens is 3. The van der Waals surface area contributed by atoms with Crippen LogP contribution in [-0.2, 0) is 9.53 Å². The number of hydrogen-bond donors (Lipinski definition) is 3. The summed E-state index contributed by atoms with van der Waals surface area (Å²) >= 11 is 0. The normalized spacial score (nSPS) is 14.2. The predicted molar refractivity (Wildman–Crippen MR) is 119 cm³/mol. The van der Waals surface area contributed by atoms with E-state index in [1.165, 1.54) is 12.3 Å². The molecule has 1 aromatic carbocycles. The molecule has 0 spiro atoms. The minimum atomic E-state index is -4.53. The second kappa shape index (κ2) is 10.2. The summed E-state index contributed by atoms with van der Waals surface area (Å²) in [6.45, 7) is 1.51. The first-order valence-electron chi connectivity index (χ1n) is 11.1. The van der Waals surface area contributed by atoms with Crippen molar-refractivity contribution in [3.05, 3.63) is 48.0 Å². The molecule has 0 bridgehead atoms. The zero-order valence-corrected chi connectivity index (χ0v) is 19.0. The monoisotopic (exact) mass is 505 g/mol. The van der Waals surface area contributed by atoms with Gasteiger partial charge in [-0.05, 0) is 43.9 Å². The molecule has 3 N–H and O–H groups in total. The van der Waals surface area contributed by atoms with Gasteiger partial charge in [0.1, 0.15) is 18.3 Å². The fourth-order valence-corrected chi connectivity index (χ4v) is 3.48. The smallest absolute Gasteiger partial charge is 0.408 e. The van der Waals surface area contributed by atoms with E-state index in [2.05, 4.69) is 20.5 Å². The topological polar surface area (TPSA) is 139 Å². The van der Waals surface area contributed by atoms with Crippen LogP contribution in [0, 0.1) is 5.92 Å². The molecular formula is C23H22F3N5O5. The van der Waals surface area contributed by atoms with Crippen LogP contribution < -0.4 is 10.6 Å². The Morgan fingerprint density at radius 3 is 2.64 bits per heavy atom. The number of H-pyrrole nitrogens is 1. The van der Waals surface area contributed by atoms with Crippen molar-refractivity contribution in [1.82, 2.24) is 25.8 Å². The van der Waals surface area contributed by atoms with E-state index in [-0.39, 0.29) is 30.5 Å². The highest BCUT2D eigenvalue weighted by Crippen LogP contribution is 2.40. The number of hydrogen-bond acceptors (Lipinski definition) is 7. The van der Waals surface area contributed by atoms with E-state index in [1.54, 1.807) is 31.2 Å². The zero-order valence-electron chi connectivity index (χ0n) is 19.0. The second-order valence-electron chi connectivity index (χ2n) is 8.10. The van der Waals surface area contributed by atoms with Crippen molar-refractivity contribution in [1.29, 1.82) is 0 Å². The summed E-state index contributed by atoms with van der Waals surface area (Å²) in [6, 6.07) is 6.09. The van der Waals surface area contributed by atoms with Gasteiger partial charge in [-0.1, -0.05) is 12.1 Å². The molecule has 4 rings (SSSR count). The van der Waals surface area contributed by atoms with Gasteiger partial charge in [0, 0.05) is 11.1 Å². The minimum absolute atomic E-state index is 0.109. The number of ether oxygens (including phenoxy) is 1. The number of carbonyl (C=O) groups is 3. The molecule has 190 valence electrons. The molecule has 10 nitrogen and oxygen atoms in total. The number of oxazole rings is 1. The molecule has 1 aliphatic rings. The SMILES string of the molecule is CCOC(=O)CNC(=O)c1cnc(-c2cccc(-c3cc(C(=O)NC(C4CC4)C(F)(F)F)[nH]n3)c2)o1. The van der Waals surface area contributed by atoms with Crippen molar-refractivity contribution in [2.75, 3.05) is 13.2 Å². The molecule has 0 aliphatic heterocycles. The maximum absolute atomic E-state index is 13.2. The molecule has 2 aromatic heterocycles. The van der Waals surface area contributed by atoms with Crippen molar-refractivity contribution >= 4 is 17.8 Å². The van der Waals surface area contributed by atoms with Crippen LogP contribution in [0.3, 0.4) is 0 Å². The molecule has 3 aromatic rings. The Morgan fingerprint density at radius 1 is 1.19 bits per heavy atom. The van der Waals surface area contributed by atoms with Crippen LogP contribution in [0.4, 0.5) is 13.2 Å². The molecule has 2 heterocycles. The molecule has 13 heteroatoms. The molecule has 1 fully saturated rings. The van der Waals surface area contributed by atoms with Crippen molar-refractivity contribution in [2.24, 2.45) is 5.92 Å². The van der Waals surface area contributed by atoms with Gasteiger partial charge >= 0.3 is 12.1 Å². The zero-order chi connectivity index (χ0) is 25.9. The van der Waals surface area contributed by atoms with Crippen LogP contribution in [0.2, 0.25) is 0 Å². The molecular weight excluding hydrogens is 483 g/mol. The third-order valence-corrected chi connectivity index (χ3v) is 5.39. The summed E-state index contributed by atoms with van der Waals surface area (Å²) in [5.41, 5.74) is 1.22. The molecule has 0 saturated heterocycles. The number of rotatable bonds is 9. The van der Waals surface area contributed by atoms with Crippen LogP contribution >= 0.6 is 0 Å². The summed E-state index contributed by atoms with van der Waals surface area (Å²) in [5, 5.41) is 10.9. The number of nitrogens with one attached hydrogen (secondary N) is 3. The molecule has 1 aliphatic carbocycles. The summed E-state index contributed by atoms with van der Waals surface area (Å²) in [6.07, 6.45) is -2.49. The molecule has 2 amide bonds. The van der Waals surface area contributed by atoms with Gasteiger partial charge in [0.2, 0.25) is 11.7 Å². The number of halogens is 3. The van der Waals surface area contributed by atoms with Gasteiger partial charge in [0.05, 0.1) is 18.5 Å². The van der Waals surface area contributed by atoms with Gasteiger partial charge in [-0.3, -0.25) is 19.5 Å². The van der Waals surface area contributed by atoms with Gasteiger partial charge in [-0.25, -0.2) is 4.98 Å². The lowest BCUT2D eigenvalue weighted by Gasteiger charge is -2.20. The minimum Gasteiger partial charge on any atom is -0.465 e. The lowest BCUT2D eigenvalue weighted by Crippen LogP contribution is -2.47. The number of benzene rings is 1.